The molecule has 0 radical (unpaired) electrons. The minimum atomic E-state index is -0.894. The quantitative estimate of drug-likeness (QED) is 0.721. The molecule has 2 aliphatic rings. The first-order chi connectivity index (χ1) is 14.1. The molecule has 1 saturated carbocycles. The predicted octanol–water partition coefficient (Wildman–Crippen LogP) is 4.55. The van der Waals surface area contributed by atoms with Crippen LogP contribution in [-0.4, -0.2) is 41.3 Å². The maximum absolute atomic E-state index is 12.1. The Kier molecular flexibility index (Phi) is 5.45. The van der Waals surface area contributed by atoms with Gasteiger partial charge in [-0.1, -0.05) is 24.6 Å². The normalized spacial score (nSPS) is 22.7. The van der Waals surface area contributed by atoms with Crippen LogP contribution >= 0.6 is 11.3 Å². The molecular weight excluding hydrogens is 390 g/mol. The number of benzene rings is 1. The Hall–Kier alpha value is -2.61. The number of carbonyl (C=O) groups is 2. The van der Waals surface area contributed by atoms with Crippen LogP contribution in [0.5, 0.6) is 0 Å². The zero-order valence-electron chi connectivity index (χ0n) is 16.6. The molecule has 29 heavy (non-hydrogen) atoms. The molecule has 1 aromatic carbocycles. The molecule has 7 nitrogen and oxygen atoms in total. The molecule has 1 aliphatic carbocycles. The van der Waals surface area contributed by atoms with E-state index in [0.717, 1.165) is 35.6 Å². The summed E-state index contributed by atoms with van der Waals surface area (Å²) in [5, 5.41) is 12.4. The highest BCUT2D eigenvalue weighted by Gasteiger charge is 2.48. The number of para-hydroxylation sites is 1. The molecule has 1 aromatic heterocycles. The number of rotatable bonds is 5. The van der Waals surface area contributed by atoms with Gasteiger partial charge in [0.25, 0.3) is 0 Å². The number of ether oxygens (including phenoxy) is 1. The van der Waals surface area contributed by atoms with Crippen molar-refractivity contribution in [1.82, 2.24) is 4.98 Å². The van der Waals surface area contributed by atoms with Gasteiger partial charge in [-0.25, -0.2) is 14.6 Å². The smallest absolute Gasteiger partial charge is 0.412 e. The van der Waals surface area contributed by atoms with Gasteiger partial charge in [0, 0.05) is 23.9 Å². The molecule has 2 heterocycles. The lowest BCUT2D eigenvalue weighted by atomic mass is 9.82. The third kappa shape index (κ3) is 3.35. The van der Waals surface area contributed by atoms with Crippen molar-refractivity contribution in [3.8, 4) is 0 Å². The molecular formula is C21H25N3O4S. The fraction of sp³-hybridized carbons (Fsp3) is 0.476. The van der Waals surface area contributed by atoms with Crippen molar-refractivity contribution < 1.29 is 19.4 Å². The van der Waals surface area contributed by atoms with E-state index in [-0.39, 0.29) is 18.0 Å². The fourth-order valence-corrected chi connectivity index (χ4v) is 5.71. The second-order valence-corrected chi connectivity index (χ2v) is 8.18. The van der Waals surface area contributed by atoms with Gasteiger partial charge in [0.05, 0.1) is 18.3 Å². The summed E-state index contributed by atoms with van der Waals surface area (Å²) < 4.78 is 5.08. The lowest BCUT2D eigenvalue weighted by Gasteiger charge is -2.46. The van der Waals surface area contributed by atoms with Crippen LogP contribution in [0.15, 0.2) is 29.6 Å². The van der Waals surface area contributed by atoms with Crippen molar-refractivity contribution >= 4 is 34.2 Å². The molecule has 0 spiro atoms. The summed E-state index contributed by atoms with van der Waals surface area (Å²) in [5.41, 5.74) is 2.09. The number of nitrogens with zero attached hydrogens (tertiary/aromatic N) is 3. The highest BCUT2D eigenvalue weighted by atomic mass is 32.1. The molecule has 3 atom stereocenters. The molecule has 8 heteroatoms. The standard InChI is InChI=1S/C21H25N3O4S/c1-3-23(20-22-15(12-29-20)19(25)28-4-2)18-13-8-5-6-10-16(13)24(21(26)27)17-11-7-9-14(17)18/h5-6,8,10,12,14,17-18H,3-4,7,9,11H2,1-2H3,(H,26,27). The molecule has 1 aliphatic heterocycles. The maximum Gasteiger partial charge on any atom is 0.412 e. The third-order valence-corrected chi connectivity index (χ3v) is 6.77. The molecule has 2 aromatic rings. The molecule has 4 rings (SSSR count). The monoisotopic (exact) mass is 415 g/mol. The second-order valence-electron chi connectivity index (χ2n) is 7.34. The van der Waals surface area contributed by atoms with E-state index in [4.69, 9.17) is 4.74 Å². The molecule has 154 valence electrons. The number of thiazole rings is 1. The van der Waals surface area contributed by atoms with Gasteiger partial charge in [-0.2, -0.15) is 0 Å². The number of fused-ring (bicyclic) bond motifs is 2. The van der Waals surface area contributed by atoms with E-state index < -0.39 is 12.1 Å². The maximum atomic E-state index is 12.1. The Balaban J connectivity index is 1.76. The number of esters is 1. The lowest BCUT2D eigenvalue weighted by molar-refractivity contribution is 0.0520. The van der Waals surface area contributed by atoms with E-state index in [1.54, 1.807) is 17.2 Å². The van der Waals surface area contributed by atoms with Crippen LogP contribution in [0.4, 0.5) is 15.6 Å². The first-order valence-electron chi connectivity index (χ1n) is 10.1. The van der Waals surface area contributed by atoms with Gasteiger partial charge in [0.15, 0.2) is 10.8 Å². The topological polar surface area (TPSA) is 83.0 Å². The summed E-state index contributed by atoms with van der Waals surface area (Å²) in [6.45, 7) is 4.87. The summed E-state index contributed by atoms with van der Waals surface area (Å²) in [7, 11) is 0. The average molecular weight is 416 g/mol. The van der Waals surface area contributed by atoms with Crippen LogP contribution in [0, 0.1) is 5.92 Å². The van der Waals surface area contributed by atoms with E-state index in [1.807, 2.05) is 24.3 Å². The molecule has 0 saturated heterocycles. The van der Waals surface area contributed by atoms with Crippen LogP contribution in [0.2, 0.25) is 0 Å². The van der Waals surface area contributed by atoms with Crippen molar-refractivity contribution in [3.63, 3.8) is 0 Å². The largest absolute Gasteiger partial charge is 0.465 e. The summed E-state index contributed by atoms with van der Waals surface area (Å²) in [4.78, 5) is 32.5. The number of carbonyl (C=O) groups excluding carboxylic acids is 1. The van der Waals surface area contributed by atoms with Crippen LogP contribution in [0.1, 0.15) is 55.2 Å². The van der Waals surface area contributed by atoms with Crippen molar-refractivity contribution in [2.45, 2.75) is 45.2 Å². The van der Waals surface area contributed by atoms with Gasteiger partial charge >= 0.3 is 12.1 Å². The summed E-state index contributed by atoms with van der Waals surface area (Å²) >= 11 is 1.43. The predicted molar refractivity (Wildman–Crippen MR) is 112 cm³/mol. The summed E-state index contributed by atoms with van der Waals surface area (Å²) in [5.74, 6) is -0.221. The Morgan fingerprint density at radius 1 is 1.31 bits per heavy atom. The summed E-state index contributed by atoms with van der Waals surface area (Å²) in [6, 6.07) is 7.75. The number of hydrogen-bond acceptors (Lipinski definition) is 6. The van der Waals surface area contributed by atoms with Gasteiger partial charge in [-0.3, -0.25) is 4.90 Å². The SMILES string of the molecule is CCOC(=O)c1csc(N(CC)C2c3ccccc3N(C(=O)O)C3CCCC23)n1. The zero-order chi connectivity index (χ0) is 20.5. The van der Waals surface area contributed by atoms with Crippen molar-refractivity contribution in [1.29, 1.82) is 0 Å². The van der Waals surface area contributed by atoms with Gasteiger partial charge < -0.3 is 14.7 Å². The zero-order valence-corrected chi connectivity index (χ0v) is 17.4. The molecule has 1 amide bonds. The van der Waals surface area contributed by atoms with Crippen LogP contribution in [0.3, 0.4) is 0 Å². The highest BCUT2D eigenvalue weighted by molar-refractivity contribution is 7.13. The van der Waals surface area contributed by atoms with Crippen LogP contribution in [-0.2, 0) is 4.74 Å². The van der Waals surface area contributed by atoms with Crippen LogP contribution in [0.25, 0.3) is 0 Å². The highest BCUT2D eigenvalue weighted by Crippen LogP contribution is 2.51. The Morgan fingerprint density at radius 2 is 2.10 bits per heavy atom. The van der Waals surface area contributed by atoms with E-state index in [1.165, 1.54) is 11.3 Å². The van der Waals surface area contributed by atoms with Crippen molar-refractivity contribution in [2.75, 3.05) is 23.0 Å². The number of carboxylic acid groups (broad SMARTS) is 1. The Labute approximate surface area is 173 Å². The van der Waals surface area contributed by atoms with E-state index in [2.05, 4.69) is 16.8 Å². The number of amides is 1. The van der Waals surface area contributed by atoms with E-state index in [9.17, 15) is 14.7 Å². The Morgan fingerprint density at radius 3 is 2.83 bits per heavy atom. The average Bonchev–Trinajstić information content (AvgIpc) is 3.37. The number of aromatic nitrogens is 1. The summed E-state index contributed by atoms with van der Waals surface area (Å²) in [6.07, 6.45) is 1.95. The lowest BCUT2D eigenvalue weighted by Crippen LogP contribution is -2.51. The minimum Gasteiger partial charge on any atom is -0.465 e. The first kappa shape index (κ1) is 19.7. The van der Waals surface area contributed by atoms with Gasteiger partial charge in [-0.15, -0.1) is 11.3 Å². The van der Waals surface area contributed by atoms with Crippen molar-refractivity contribution in [2.24, 2.45) is 5.92 Å². The molecule has 1 fully saturated rings. The molecule has 3 unspecified atom stereocenters. The second kappa shape index (κ2) is 8.02. The van der Waals surface area contributed by atoms with E-state index >= 15 is 0 Å². The Bertz CT molecular complexity index is 915. The fourth-order valence-electron chi connectivity index (χ4n) is 4.81. The van der Waals surface area contributed by atoms with Gasteiger partial charge in [0.1, 0.15) is 0 Å². The van der Waals surface area contributed by atoms with Crippen molar-refractivity contribution in [3.05, 3.63) is 40.9 Å². The number of hydrogen-bond donors (Lipinski definition) is 1. The number of anilines is 2. The first-order valence-corrected chi connectivity index (χ1v) is 10.9. The molecule has 1 N–H and O–H groups in total. The van der Waals surface area contributed by atoms with Crippen LogP contribution < -0.4 is 9.80 Å². The van der Waals surface area contributed by atoms with Gasteiger partial charge in [0.2, 0.25) is 0 Å². The molecule has 0 bridgehead atoms. The minimum absolute atomic E-state index is 0.0282. The third-order valence-electron chi connectivity index (χ3n) is 5.89. The van der Waals surface area contributed by atoms with E-state index in [0.29, 0.717) is 18.8 Å². The van der Waals surface area contributed by atoms with Gasteiger partial charge in [-0.05, 0) is 38.3 Å².